The average molecular weight is 457 g/mol. The fraction of sp³-hybridized carbons (Fsp3) is 0.625. The fourth-order valence-corrected chi connectivity index (χ4v) is 5.69. The maximum Gasteiger partial charge on any atom is 0.235 e. The lowest BCUT2D eigenvalue weighted by atomic mass is 9.87. The van der Waals surface area contributed by atoms with Gasteiger partial charge in [-0.05, 0) is 49.9 Å². The molecule has 3 saturated heterocycles. The summed E-state index contributed by atoms with van der Waals surface area (Å²) in [6.07, 6.45) is 1.94. The molecule has 4 heterocycles. The van der Waals surface area contributed by atoms with E-state index in [4.69, 9.17) is 0 Å². The molecule has 9 heteroatoms. The number of imide groups is 1. The molecule has 3 fully saturated rings. The van der Waals surface area contributed by atoms with E-state index in [0.29, 0.717) is 36.1 Å². The van der Waals surface area contributed by atoms with Crippen LogP contribution in [0.15, 0.2) is 12.1 Å². The van der Waals surface area contributed by atoms with Gasteiger partial charge >= 0.3 is 0 Å². The number of benzene rings is 1. The second-order valence-electron chi connectivity index (χ2n) is 9.82. The molecule has 0 radical (unpaired) electrons. The minimum absolute atomic E-state index is 0.250. The summed E-state index contributed by atoms with van der Waals surface area (Å²) in [6.45, 7) is 8.95. The number of piperidine rings is 2. The molecular formula is C24H33FN6O2. The van der Waals surface area contributed by atoms with Gasteiger partial charge in [0.15, 0.2) is 0 Å². The molecule has 5 rings (SSSR count). The number of carbonyl (C=O) groups is 2. The van der Waals surface area contributed by atoms with Crippen molar-refractivity contribution in [3.63, 3.8) is 0 Å². The van der Waals surface area contributed by atoms with E-state index in [1.807, 2.05) is 0 Å². The minimum Gasteiger partial charge on any atom is -0.365 e. The van der Waals surface area contributed by atoms with Gasteiger partial charge in [0, 0.05) is 51.6 Å². The topological polar surface area (TPSA) is 82.5 Å². The quantitative estimate of drug-likeness (QED) is 0.681. The van der Waals surface area contributed by atoms with Crippen molar-refractivity contribution in [3.8, 4) is 0 Å². The first-order valence-corrected chi connectivity index (χ1v) is 12.1. The highest BCUT2D eigenvalue weighted by atomic mass is 19.1. The highest BCUT2D eigenvalue weighted by Crippen LogP contribution is 2.36. The molecule has 2 amide bonds. The van der Waals surface area contributed by atoms with Crippen LogP contribution in [-0.4, -0.2) is 72.3 Å². The zero-order valence-corrected chi connectivity index (χ0v) is 19.4. The molecule has 0 spiro atoms. The number of amides is 2. The van der Waals surface area contributed by atoms with Gasteiger partial charge in [0.05, 0.1) is 22.8 Å². The van der Waals surface area contributed by atoms with Crippen molar-refractivity contribution in [3.05, 3.63) is 23.6 Å². The van der Waals surface area contributed by atoms with E-state index in [-0.39, 0.29) is 17.6 Å². The second kappa shape index (κ2) is 9.02. The summed E-state index contributed by atoms with van der Waals surface area (Å²) in [4.78, 5) is 28.7. The summed E-state index contributed by atoms with van der Waals surface area (Å²) in [6, 6.07) is 3.20. The van der Waals surface area contributed by atoms with Crippen LogP contribution in [0.3, 0.4) is 0 Å². The first-order valence-electron chi connectivity index (χ1n) is 12.1. The Labute approximate surface area is 193 Å². The van der Waals surface area contributed by atoms with Crippen molar-refractivity contribution in [1.82, 2.24) is 25.3 Å². The van der Waals surface area contributed by atoms with Crippen molar-refractivity contribution < 1.29 is 14.0 Å². The van der Waals surface area contributed by atoms with Gasteiger partial charge in [-0.15, -0.1) is 0 Å². The molecule has 1 unspecified atom stereocenters. The number of nitrogens with one attached hydrogen (secondary N) is 2. The van der Waals surface area contributed by atoms with E-state index in [2.05, 4.69) is 32.5 Å². The zero-order chi connectivity index (χ0) is 23.1. The van der Waals surface area contributed by atoms with Crippen LogP contribution in [0, 0.1) is 17.7 Å². The summed E-state index contributed by atoms with van der Waals surface area (Å²) in [5.41, 5.74) is 1.91. The molecule has 8 nitrogen and oxygen atoms in total. The molecule has 3 aliphatic rings. The van der Waals surface area contributed by atoms with Crippen LogP contribution in [0.2, 0.25) is 0 Å². The SMILES string of the molecule is C[C@@H]1CNCC[C@@H]1CN1CCN(c2c(F)ccc3c(C4CCC(=O)NC4=O)nn(C)c23)CC1. The van der Waals surface area contributed by atoms with E-state index in [0.717, 1.165) is 56.7 Å². The van der Waals surface area contributed by atoms with Crippen molar-refractivity contribution in [1.29, 1.82) is 0 Å². The number of rotatable bonds is 4. The summed E-state index contributed by atoms with van der Waals surface area (Å²) in [7, 11) is 1.80. The molecule has 1 aromatic carbocycles. The standard InChI is InChI=1S/C24H33FN6O2/c1-15-13-26-8-7-16(15)14-30-9-11-31(12-10-30)23-19(25)5-3-17-21(28-29(2)22(17)23)18-4-6-20(32)27-24(18)33/h3,5,15-16,18,26H,4,6-14H2,1-2H3,(H,27,32,33)/t15-,16-,18?/m1/s1. The Morgan fingerprint density at radius 2 is 1.94 bits per heavy atom. The van der Waals surface area contributed by atoms with Gasteiger partial charge in [0.1, 0.15) is 5.82 Å². The molecule has 178 valence electrons. The first-order chi connectivity index (χ1) is 15.9. The third-order valence-electron chi connectivity index (χ3n) is 7.67. The van der Waals surface area contributed by atoms with Crippen molar-refractivity contribution >= 4 is 28.4 Å². The van der Waals surface area contributed by atoms with Gasteiger partial charge in [-0.25, -0.2) is 4.39 Å². The summed E-state index contributed by atoms with van der Waals surface area (Å²) in [5.74, 6) is 0.0707. The number of carbonyl (C=O) groups excluding carboxylic acids is 2. The van der Waals surface area contributed by atoms with E-state index >= 15 is 4.39 Å². The lowest BCUT2D eigenvalue weighted by Gasteiger charge is -2.40. The zero-order valence-electron chi connectivity index (χ0n) is 19.4. The van der Waals surface area contributed by atoms with Crippen molar-refractivity contribution in [2.24, 2.45) is 18.9 Å². The Morgan fingerprint density at radius 3 is 2.67 bits per heavy atom. The number of hydrogen-bond acceptors (Lipinski definition) is 6. The number of aryl methyl sites for hydroxylation is 1. The van der Waals surface area contributed by atoms with Crippen LogP contribution in [0.5, 0.6) is 0 Å². The van der Waals surface area contributed by atoms with E-state index in [9.17, 15) is 9.59 Å². The average Bonchev–Trinajstić information content (AvgIpc) is 3.12. The molecule has 0 aliphatic carbocycles. The van der Waals surface area contributed by atoms with E-state index < -0.39 is 5.92 Å². The summed E-state index contributed by atoms with van der Waals surface area (Å²) >= 11 is 0. The van der Waals surface area contributed by atoms with Crippen molar-refractivity contribution in [2.45, 2.75) is 32.1 Å². The largest absolute Gasteiger partial charge is 0.365 e. The first kappa shape index (κ1) is 22.3. The lowest BCUT2D eigenvalue weighted by Crippen LogP contribution is -2.50. The number of halogens is 1. The fourth-order valence-electron chi connectivity index (χ4n) is 5.69. The van der Waals surface area contributed by atoms with Gasteiger partial charge < -0.3 is 10.2 Å². The normalized spacial score (nSPS) is 27.2. The molecule has 2 N–H and O–H groups in total. The van der Waals surface area contributed by atoms with Crippen LogP contribution in [0.4, 0.5) is 10.1 Å². The Bertz CT molecular complexity index is 1060. The highest BCUT2D eigenvalue weighted by Gasteiger charge is 2.33. The molecule has 1 aromatic heterocycles. The maximum absolute atomic E-state index is 15.2. The van der Waals surface area contributed by atoms with E-state index in [1.54, 1.807) is 17.8 Å². The predicted molar refractivity (Wildman–Crippen MR) is 125 cm³/mol. The van der Waals surface area contributed by atoms with Gasteiger partial charge in [-0.2, -0.15) is 5.10 Å². The van der Waals surface area contributed by atoms with Crippen LogP contribution in [-0.2, 0) is 16.6 Å². The molecule has 3 atom stereocenters. The van der Waals surface area contributed by atoms with Crippen LogP contribution in [0.25, 0.3) is 10.9 Å². The van der Waals surface area contributed by atoms with Crippen LogP contribution < -0.4 is 15.5 Å². The third kappa shape index (κ3) is 4.24. The smallest absolute Gasteiger partial charge is 0.235 e. The molecule has 2 aromatic rings. The highest BCUT2D eigenvalue weighted by molar-refractivity contribution is 6.03. The predicted octanol–water partition coefficient (Wildman–Crippen LogP) is 1.60. The third-order valence-corrected chi connectivity index (χ3v) is 7.67. The Kier molecular flexibility index (Phi) is 6.09. The Balaban J connectivity index is 1.37. The number of hydrogen-bond donors (Lipinski definition) is 2. The second-order valence-corrected chi connectivity index (χ2v) is 9.82. The van der Waals surface area contributed by atoms with Crippen LogP contribution in [0.1, 0.15) is 37.8 Å². The number of aromatic nitrogens is 2. The lowest BCUT2D eigenvalue weighted by molar-refractivity contribution is -0.134. The van der Waals surface area contributed by atoms with Gasteiger partial charge in [0.25, 0.3) is 0 Å². The van der Waals surface area contributed by atoms with Gasteiger partial charge in [0.2, 0.25) is 11.8 Å². The molecule has 0 saturated carbocycles. The molecular weight excluding hydrogens is 423 g/mol. The number of fused-ring (bicyclic) bond motifs is 1. The Hall–Kier alpha value is -2.52. The summed E-state index contributed by atoms with van der Waals surface area (Å²) in [5, 5.41) is 11.3. The number of nitrogens with zero attached hydrogens (tertiary/aromatic N) is 4. The maximum atomic E-state index is 15.2. The van der Waals surface area contributed by atoms with Crippen molar-refractivity contribution in [2.75, 3.05) is 50.7 Å². The van der Waals surface area contributed by atoms with E-state index in [1.165, 1.54) is 12.5 Å². The van der Waals surface area contributed by atoms with Gasteiger partial charge in [-0.1, -0.05) is 6.92 Å². The molecule has 0 bridgehead atoms. The van der Waals surface area contributed by atoms with Gasteiger partial charge in [-0.3, -0.25) is 24.5 Å². The summed E-state index contributed by atoms with van der Waals surface area (Å²) < 4.78 is 16.8. The molecule has 33 heavy (non-hydrogen) atoms. The number of anilines is 1. The van der Waals surface area contributed by atoms with Crippen LogP contribution >= 0.6 is 0 Å². The minimum atomic E-state index is -0.492. The Morgan fingerprint density at radius 1 is 1.15 bits per heavy atom. The number of piperazine rings is 1. The monoisotopic (exact) mass is 456 g/mol. The molecule has 3 aliphatic heterocycles.